The first-order chi connectivity index (χ1) is 22.6. The lowest BCUT2D eigenvalue weighted by Crippen LogP contribution is -2.14. The highest BCUT2D eigenvalue weighted by molar-refractivity contribution is 6.22. The van der Waals surface area contributed by atoms with Crippen molar-refractivity contribution < 1.29 is 4.42 Å². The van der Waals surface area contributed by atoms with E-state index in [1.807, 2.05) is 0 Å². The Balaban J connectivity index is 1.22. The van der Waals surface area contributed by atoms with E-state index in [1.54, 1.807) is 0 Å². The van der Waals surface area contributed by atoms with E-state index in [9.17, 15) is 0 Å². The summed E-state index contributed by atoms with van der Waals surface area (Å²) in [5.41, 5.74) is 12.1. The Bertz CT molecular complexity index is 2660. The number of furan rings is 1. The van der Waals surface area contributed by atoms with Crippen LogP contribution in [0, 0.1) is 0 Å². The molecule has 8 aromatic carbocycles. The Morgan fingerprint density at radius 3 is 1.67 bits per heavy atom. The average Bonchev–Trinajstić information content (AvgIpc) is 3.56. The van der Waals surface area contributed by atoms with E-state index in [1.165, 1.54) is 82.2 Å². The van der Waals surface area contributed by atoms with Gasteiger partial charge in [0.05, 0.1) is 0 Å². The summed E-state index contributed by atoms with van der Waals surface area (Å²) in [6, 6.07) is 53.4. The first-order valence-electron chi connectivity index (χ1n) is 16.1. The van der Waals surface area contributed by atoms with E-state index in [4.69, 9.17) is 4.42 Å². The Hall–Kier alpha value is -5.66. The molecule has 0 aliphatic heterocycles. The van der Waals surface area contributed by atoms with Crippen LogP contribution in [0.4, 0.5) is 0 Å². The molecule has 1 aliphatic carbocycles. The van der Waals surface area contributed by atoms with Crippen LogP contribution in [0.15, 0.2) is 150 Å². The lowest BCUT2D eigenvalue weighted by molar-refractivity contribution is 0.658. The molecule has 10 rings (SSSR count). The van der Waals surface area contributed by atoms with Crippen molar-refractivity contribution in [2.75, 3.05) is 0 Å². The molecular weight excluding hydrogens is 556 g/mol. The predicted molar refractivity (Wildman–Crippen MR) is 195 cm³/mol. The largest absolute Gasteiger partial charge is 0.456 e. The Labute approximate surface area is 267 Å². The van der Waals surface area contributed by atoms with E-state index in [2.05, 4.69) is 159 Å². The van der Waals surface area contributed by atoms with Crippen LogP contribution in [-0.2, 0) is 5.41 Å². The van der Waals surface area contributed by atoms with Crippen LogP contribution >= 0.6 is 0 Å². The second-order valence-electron chi connectivity index (χ2n) is 13.3. The van der Waals surface area contributed by atoms with Gasteiger partial charge in [-0.1, -0.05) is 129 Å². The summed E-state index contributed by atoms with van der Waals surface area (Å²) < 4.78 is 6.68. The minimum atomic E-state index is -0.0474. The zero-order valence-corrected chi connectivity index (χ0v) is 25.8. The van der Waals surface area contributed by atoms with Crippen LogP contribution in [0.25, 0.3) is 87.6 Å². The topological polar surface area (TPSA) is 13.1 Å². The van der Waals surface area contributed by atoms with Gasteiger partial charge in [-0.15, -0.1) is 0 Å². The summed E-state index contributed by atoms with van der Waals surface area (Å²) in [4.78, 5) is 0. The molecule has 0 fully saturated rings. The van der Waals surface area contributed by atoms with E-state index >= 15 is 0 Å². The maximum atomic E-state index is 6.68. The van der Waals surface area contributed by atoms with Crippen LogP contribution < -0.4 is 0 Å². The van der Waals surface area contributed by atoms with Crippen molar-refractivity contribution in [3.63, 3.8) is 0 Å². The molecule has 0 radical (unpaired) electrons. The van der Waals surface area contributed by atoms with Gasteiger partial charge in [0.1, 0.15) is 11.2 Å². The van der Waals surface area contributed by atoms with Gasteiger partial charge in [0.2, 0.25) is 0 Å². The third-order valence-corrected chi connectivity index (χ3v) is 10.4. The van der Waals surface area contributed by atoms with Crippen molar-refractivity contribution >= 4 is 54.3 Å². The third kappa shape index (κ3) is 3.46. The standard InChI is InChI=1S/C45H30O/c1-45(2)39-18-10-9-13-31(39)37-26-42-38(25-40(37)45)32-22-21-30(24-41(32)46-42)44-35-16-7-5-14-33(35)43(34-15-6-8-17-36(34)44)29-20-19-27-11-3-4-12-28(27)23-29/h3-26H,1-2H3. The fraction of sp³-hybridized carbons (Fsp3) is 0.0667. The molecule has 0 saturated carbocycles. The first-order valence-corrected chi connectivity index (χ1v) is 16.1. The minimum absolute atomic E-state index is 0.0474. The molecule has 0 N–H and O–H groups in total. The highest BCUT2D eigenvalue weighted by Gasteiger charge is 2.36. The van der Waals surface area contributed by atoms with Gasteiger partial charge in [0.25, 0.3) is 0 Å². The minimum Gasteiger partial charge on any atom is -0.456 e. The fourth-order valence-corrected chi connectivity index (χ4v) is 8.22. The number of hydrogen-bond acceptors (Lipinski definition) is 1. The molecule has 1 heterocycles. The molecule has 0 spiro atoms. The summed E-state index contributed by atoms with van der Waals surface area (Å²) in [5, 5.41) is 9.87. The summed E-state index contributed by atoms with van der Waals surface area (Å²) in [5.74, 6) is 0. The van der Waals surface area contributed by atoms with E-state index < -0.39 is 0 Å². The van der Waals surface area contributed by atoms with Crippen molar-refractivity contribution in [1.82, 2.24) is 0 Å². The van der Waals surface area contributed by atoms with Crippen molar-refractivity contribution in [1.29, 1.82) is 0 Å². The van der Waals surface area contributed by atoms with E-state index in [0.717, 1.165) is 16.6 Å². The molecule has 216 valence electrons. The van der Waals surface area contributed by atoms with Crippen molar-refractivity contribution in [3.05, 3.63) is 157 Å². The lowest BCUT2D eigenvalue weighted by Gasteiger charge is -2.21. The number of hydrogen-bond donors (Lipinski definition) is 0. The predicted octanol–water partition coefficient (Wildman–Crippen LogP) is 12.7. The van der Waals surface area contributed by atoms with Crippen LogP contribution in [0.5, 0.6) is 0 Å². The van der Waals surface area contributed by atoms with Crippen molar-refractivity contribution in [2.24, 2.45) is 0 Å². The van der Waals surface area contributed by atoms with Gasteiger partial charge in [-0.25, -0.2) is 0 Å². The SMILES string of the molecule is CC1(C)c2ccccc2-c2cc3oc4cc(-c5c6ccccc6c(-c6ccc7ccccc7c6)c6ccccc56)ccc4c3cc21. The molecule has 1 aromatic heterocycles. The molecule has 46 heavy (non-hydrogen) atoms. The summed E-state index contributed by atoms with van der Waals surface area (Å²) in [6.45, 7) is 4.67. The van der Waals surface area contributed by atoms with Gasteiger partial charge in [-0.2, -0.15) is 0 Å². The van der Waals surface area contributed by atoms with Crippen molar-refractivity contribution in [3.8, 4) is 33.4 Å². The molecular formula is C45H30O. The first kappa shape index (κ1) is 25.6. The fourth-order valence-electron chi connectivity index (χ4n) is 8.22. The van der Waals surface area contributed by atoms with Gasteiger partial charge in [0.15, 0.2) is 0 Å². The maximum absolute atomic E-state index is 6.68. The molecule has 9 aromatic rings. The molecule has 1 heteroatoms. The highest BCUT2D eigenvalue weighted by Crippen LogP contribution is 2.51. The second-order valence-corrected chi connectivity index (χ2v) is 13.3. The molecule has 1 aliphatic rings. The number of benzene rings is 8. The molecule has 0 atom stereocenters. The zero-order valence-electron chi connectivity index (χ0n) is 25.8. The Kier molecular flexibility index (Phi) is 5.12. The monoisotopic (exact) mass is 586 g/mol. The van der Waals surface area contributed by atoms with Gasteiger partial charge in [-0.05, 0) is 107 Å². The van der Waals surface area contributed by atoms with E-state index in [0.29, 0.717) is 0 Å². The molecule has 0 bridgehead atoms. The van der Waals surface area contributed by atoms with Gasteiger partial charge >= 0.3 is 0 Å². The van der Waals surface area contributed by atoms with Crippen LogP contribution in [-0.4, -0.2) is 0 Å². The highest BCUT2D eigenvalue weighted by atomic mass is 16.3. The van der Waals surface area contributed by atoms with Gasteiger partial charge in [0, 0.05) is 16.2 Å². The number of fused-ring (bicyclic) bond motifs is 9. The third-order valence-electron chi connectivity index (χ3n) is 10.4. The van der Waals surface area contributed by atoms with Crippen LogP contribution in [0.3, 0.4) is 0 Å². The average molecular weight is 587 g/mol. The Morgan fingerprint density at radius 1 is 0.391 bits per heavy atom. The Morgan fingerprint density at radius 2 is 0.957 bits per heavy atom. The van der Waals surface area contributed by atoms with Gasteiger partial charge < -0.3 is 4.42 Å². The van der Waals surface area contributed by atoms with Crippen LogP contribution in [0.1, 0.15) is 25.0 Å². The number of rotatable bonds is 2. The van der Waals surface area contributed by atoms with Gasteiger partial charge in [-0.3, -0.25) is 0 Å². The van der Waals surface area contributed by atoms with Crippen LogP contribution in [0.2, 0.25) is 0 Å². The van der Waals surface area contributed by atoms with Crippen molar-refractivity contribution in [2.45, 2.75) is 19.3 Å². The maximum Gasteiger partial charge on any atom is 0.136 e. The summed E-state index contributed by atoms with van der Waals surface area (Å²) in [6.07, 6.45) is 0. The summed E-state index contributed by atoms with van der Waals surface area (Å²) >= 11 is 0. The molecule has 0 saturated heterocycles. The lowest BCUT2D eigenvalue weighted by atomic mass is 9.82. The smallest absolute Gasteiger partial charge is 0.136 e. The van der Waals surface area contributed by atoms with E-state index in [-0.39, 0.29) is 5.41 Å². The molecule has 0 unspecified atom stereocenters. The normalized spacial score (nSPS) is 13.6. The second kappa shape index (κ2) is 9.19. The summed E-state index contributed by atoms with van der Waals surface area (Å²) in [7, 11) is 0. The molecule has 0 amide bonds. The quantitative estimate of drug-likeness (QED) is 0.184. The molecule has 1 nitrogen and oxygen atoms in total. The zero-order chi connectivity index (χ0) is 30.6.